The van der Waals surface area contributed by atoms with Crippen LogP contribution in [0.4, 0.5) is 9.18 Å². The van der Waals surface area contributed by atoms with E-state index in [0.717, 1.165) is 27.2 Å². The molecule has 2 aromatic carbocycles. The van der Waals surface area contributed by atoms with Gasteiger partial charge < -0.3 is 15.0 Å². The highest BCUT2D eigenvalue weighted by Crippen LogP contribution is 2.42. The van der Waals surface area contributed by atoms with Gasteiger partial charge in [0.1, 0.15) is 30.3 Å². The largest absolute Gasteiger partial charge is 0.491 e. The Kier molecular flexibility index (Phi) is 5.06. The third-order valence-electron chi connectivity index (χ3n) is 7.20. The molecule has 36 heavy (non-hydrogen) atoms. The number of ether oxygens (including phenoxy) is 1. The van der Waals surface area contributed by atoms with Crippen molar-refractivity contribution in [2.45, 2.75) is 24.9 Å². The van der Waals surface area contributed by atoms with E-state index in [0.29, 0.717) is 24.2 Å². The highest BCUT2D eigenvalue weighted by Gasteiger charge is 2.55. The number of fused-ring (bicyclic) bond motifs is 3. The van der Waals surface area contributed by atoms with Crippen LogP contribution in [0.3, 0.4) is 0 Å². The minimum atomic E-state index is -1.17. The van der Waals surface area contributed by atoms with Crippen molar-refractivity contribution in [3.8, 4) is 16.9 Å². The lowest BCUT2D eigenvalue weighted by Gasteiger charge is -2.24. The zero-order valence-corrected chi connectivity index (χ0v) is 19.7. The molecule has 0 radical (unpaired) electrons. The summed E-state index contributed by atoms with van der Waals surface area (Å²) in [6.45, 7) is 0.256. The van der Waals surface area contributed by atoms with Gasteiger partial charge in [-0.3, -0.25) is 19.2 Å². The molecule has 1 atom stereocenters. The Morgan fingerprint density at radius 2 is 2.03 bits per heavy atom. The van der Waals surface area contributed by atoms with Crippen LogP contribution in [0.5, 0.6) is 5.75 Å². The number of urea groups is 1. The lowest BCUT2D eigenvalue weighted by Crippen LogP contribution is -2.45. The van der Waals surface area contributed by atoms with Crippen molar-refractivity contribution in [3.63, 3.8) is 0 Å². The summed E-state index contributed by atoms with van der Waals surface area (Å²) < 4.78 is 21.1. The third kappa shape index (κ3) is 3.52. The van der Waals surface area contributed by atoms with E-state index in [1.807, 2.05) is 31.4 Å². The average molecular weight is 490 g/mol. The van der Waals surface area contributed by atoms with Crippen molar-refractivity contribution in [2.75, 3.05) is 19.7 Å². The Bertz CT molecular complexity index is 1420. The van der Waals surface area contributed by atoms with Gasteiger partial charge in [-0.1, -0.05) is 18.2 Å². The van der Waals surface area contributed by atoms with E-state index in [-0.39, 0.29) is 26.2 Å². The van der Waals surface area contributed by atoms with Gasteiger partial charge in [-0.25, -0.2) is 9.18 Å². The summed E-state index contributed by atoms with van der Waals surface area (Å²) in [5, 5.41) is 7.08. The third-order valence-corrected chi connectivity index (χ3v) is 7.20. The quantitative estimate of drug-likeness (QED) is 0.570. The topological polar surface area (TPSA) is 96.8 Å². The Hall–Kier alpha value is -4.21. The first-order valence-corrected chi connectivity index (χ1v) is 11.8. The number of nitrogens with zero attached hydrogens (tertiary/aromatic N) is 4. The van der Waals surface area contributed by atoms with Crippen LogP contribution in [0, 0.1) is 5.82 Å². The van der Waals surface area contributed by atoms with Crippen molar-refractivity contribution in [2.24, 2.45) is 7.05 Å². The molecule has 2 aliphatic heterocycles. The fraction of sp³-hybridized carbons (Fsp3) is 0.308. The predicted molar refractivity (Wildman–Crippen MR) is 126 cm³/mol. The number of carbonyl (C=O) groups is 3. The van der Waals surface area contributed by atoms with Crippen LogP contribution in [-0.4, -0.2) is 57.1 Å². The summed E-state index contributed by atoms with van der Waals surface area (Å²) in [6.07, 6.45) is 4.76. The van der Waals surface area contributed by atoms with E-state index in [4.69, 9.17) is 4.74 Å². The minimum absolute atomic E-state index is 0.140. The SMILES string of the molecule is Cn1cc(-c2ccc3c(c2)CCC32NC(=O)N(CC(=O)N3CCOc4ccc(F)cc4C3)C2=O)cn1. The van der Waals surface area contributed by atoms with Gasteiger partial charge in [0, 0.05) is 30.9 Å². The van der Waals surface area contributed by atoms with Gasteiger partial charge in [0.15, 0.2) is 0 Å². The predicted octanol–water partition coefficient (Wildman–Crippen LogP) is 2.34. The first kappa shape index (κ1) is 22.3. The van der Waals surface area contributed by atoms with Crippen molar-refractivity contribution < 1.29 is 23.5 Å². The number of nitrogens with one attached hydrogen (secondary N) is 1. The van der Waals surface area contributed by atoms with E-state index in [2.05, 4.69) is 10.4 Å². The highest BCUT2D eigenvalue weighted by molar-refractivity contribution is 6.10. The summed E-state index contributed by atoms with van der Waals surface area (Å²) in [5.41, 5.74) is 3.08. The lowest BCUT2D eigenvalue weighted by molar-refractivity contribution is -0.139. The molecule has 3 aliphatic rings. The Morgan fingerprint density at radius 3 is 2.83 bits per heavy atom. The van der Waals surface area contributed by atoms with Gasteiger partial charge in [0.25, 0.3) is 5.91 Å². The molecular weight excluding hydrogens is 465 g/mol. The van der Waals surface area contributed by atoms with Crippen LogP contribution in [0.1, 0.15) is 23.1 Å². The van der Waals surface area contributed by atoms with Crippen LogP contribution in [0.15, 0.2) is 48.8 Å². The second kappa shape index (κ2) is 8.18. The molecule has 184 valence electrons. The number of aryl methyl sites for hydroxylation is 2. The molecule has 6 rings (SSSR count). The molecule has 4 amide bonds. The molecule has 1 N–H and O–H groups in total. The summed E-state index contributed by atoms with van der Waals surface area (Å²) >= 11 is 0. The van der Waals surface area contributed by atoms with Crippen molar-refractivity contribution in [1.29, 1.82) is 0 Å². The van der Waals surface area contributed by atoms with Crippen molar-refractivity contribution in [3.05, 3.63) is 71.3 Å². The molecule has 0 bridgehead atoms. The van der Waals surface area contributed by atoms with Gasteiger partial charge in [-0.2, -0.15) is 5.10 Å². The first-order chi connectivity index (χ1) is 17.3. The van der Waals surface area contributed by atoms with Gasteiger partial charge >= 0.3 is 6.03 Å². The maximum absolute atomic E-state index is 13.7. The number of benzene rings is 2. The molecule has 0 saturated carbocycles. The summed E-state index contributed by atoms with van der Waals surface area (Å²) in [7, 11) is 1.85. The zero-order valence-electron chi connectivity index (χ0n) is 19.7. The van der Waals surface area contributed by atoms with Crippen molar-refractivity contribution >= 4 is 17.8 Å². The molecule has 1 saturated heterocycles. The molecule has 1 aliphatic carbocycles. The Morgan fingerprint density at radius 1 is 1.17 bits per heavy atom. The van der Waals surface area contributed by atoms with Crippen LogP contribution in [-0.2, 0) is 35.1 Å². The van der Waals surface area contributed by atoms with E-state index in [1.165, 1.54) is 23.1 Å². The standard InChI is InChI=1S/C26H24FN5O4/c1-30-13-19(12-28-30)16-2-4-21-17(10-16)6-7-26(21)24(34)32(25(35)29-26)15-23(33)31-8-9-36-22-5-3-20(27)11-18(22)14-31/h2-5,10-13H,6-9,14-15H2,1H3,(H,29,35). The molecule has 1 spiro atoms. The minimum Gasteiger partial charge on any atom is -0.491 e. The number of carbonyl (C=O) groups excluding carboxylic acids is 3. The number of amides is 4. The summed E-state index contributed by atoms with van der Waals surface area (Å²) in [4.78, 5) is 42.1. The zero-order chi connectivity index (χ0) is 25.0. The van der Waals surface area contributed by atoms with Gasteiger partial charge in [-0.05, 0) is 47.7 Å². The number of imide groups is 1. The van der Waals surface area contributed by atoms with Crippen LogP contribution < -0.4 is 10.1 Å². The second-order valence-corrected chi connectivity index (χ2v) is 9.42. The smallest absolute Gasteiger partial charge is 0.325 e. The number of hydrogen-bond donors (Lipinski definition) is 1. The van der Waals surface area contributed by atoms with Crippen LogP contribution in [0.2, 0.25) is 0 Å². The number of halogens is 1. The maximum Gasteiger partial charge on any atom is 0.325 e. The van der Waals surface area contributed by atoms with E-state index in [1.54, 1.807) is 10.9 Å². The molecule has 10 heteroatoms. The fourth-order valence-corrected chi connectivity index (χ4v) is 5.36. The molecule has 3 aromatic rings. The summed E-state index contributed by atoms with van der Waals surface area (Å²) in [6, 6.07) is 9.42. The molecule has 1 unspecified atom stereocenters. The molecule has 9 nitrogen and oxygen atoms in total. The van der Waals surface area contributed by atoms with Crippen LogP contribution >= 0.6 is 0 Å². The first-order valence-electron chi connectivity index (χ1n) is 11.8. The normalized spacial score (nSPS) is 20.7. The number of rotatable bonds is 3. The Labute approximate surface area is 206 Å². The van der Waals surface area contributed by atoms with Gasteiger partial charge in [0.05, 0.1) is 12.7 Å². The monoisotopic (exact) mass is 489 g/mol. The van der Waals surface area contributed by atoms with E-state index in [9.17, 15) is 18.8 Å². The number of aromatic nitrogens is 2. The summed E-state index contributed by atoms with van der Waals surface area (Å²) in [5.74, 6) is -0.726. The highest BCUT2D eigenvalue weighted by atomic mass is 19.1. The van der Waals surface area contributed by atoms with Gasteiger partial charge in [-0.15, -0.1) is 0 Å². The molecule has 3 heterocycles. The second-order valence-electron chi connectivity index (χ2n) is 9.42. The lowest BCUT2D eigenvalue weighted by atomic mass is 9.90. The van der Waals surface area contributed by atoms with Gasteiger partial charge in [0.2, 0.25) is 5.91 Å². The fourth-order valence-electron chi connectivity index (χ4n) is 5.36. The molecule has 1 fully saturated rings. The molecular formula is C26H24FN5O4. The Balaban J connectivity index is 1.22. The maximum atomic E-state index is 13.7. The van der Waals surface area contributed by atoms with E-state index >= 15 is 0 Å². The van der Waals surface area contributed by atoms with Crippen molar-refractivity contribution in [1.82, 2.24) is 24.9 Å². The van der Waals surface area contributed by atoms with Crippen LogP contribution in [0.25, 0.3) is 11.1 Å². The number of hydrogen-bond acceptors (Lipinski definition) is 5. The average Bonchev–Trinajstić information content (AvgIpc) is 3.46. The molecule has 1 aromatic heterocycles. The van der Waals surface area contributed by atoms with E-state index < -0.39 is 29.2 Å².